The van der Waals surface area contributed by atoms with Crippen LogP contribution in [0.25, 0.3) is 0 Å². The first kappa shape index (κ1) is 15.8. The molecule has 22 heavy (non-hydrogen) atoms. The second kappa shape index (κ2) is 7.47. The van der Waals surface area contributed by atoms with Crippen molar-refractivity contribution in [3.63, 3.8) is 0 Å². The van der Waals surface area contributed by atoms with Crippen LogP contribution in [0.15, 0.2) is 18.2 Å². The van der Waals surface area contributed by atoms with E-state index < -0.39 is 0 Å². The van der Waals surface area contributed by atoms with Crippen LogP contribution in [0.1, 0.15) is 56.7 Å². The second-order valence-electron chi connectivity index (χ2n) is 6.91. The average molecular weight is 303 g/mol. The smallest absolute Gasteiger partial charge is 0.163 e. The van der Waals surface area contributed by atoms with Gasteiger partial charge in [-0.05, 0) is 51.7 Å². The van der Waals surface area contributed by atoms with Gasteiger partial charge in [0.25, 0.3) is 0 Å². The van der Waals surface area contributed by atoms with Crippen molar-refractivity contribution in [3.8, 4) is 0 Å². The number of hydrogen-bond acceptors (Lipinski definition) is 1. The van der Waals surface area contributed by atoms with Crippen LogP contribution in [0.2, 0.25) is 0 Å². The molecule has 1 fully saturated rings. The van der Waals surface area contributed by atoms with E-state index in [1.807, 2.05) is 4.90 Å². The van der Waals surface area contributed by atoms with E-state index in [9.17, 15) is 0 Å². The number of nitrogens with one attached hydrogen (secondary N) is 1. The molecule has 1 saturated heterocycles. The van der Waals surface area contributed by atoms with Crippen molar-refractivity contribution in [3.05, 3.63) is 29.3 Å². The first-order valence-electron chi connectivity index (χ1n) is 9.37. The summed E-state index contributed by atoms with van der Waals surface area (Å²) >= 11 is 0. The van der Waals surface area contributed by atoms with Crippen LogP contribution in [0.3, 0.4) is 0 Å². The number of quaternary nitrogens is 2. The molecule has 0 aliphatic carbocycles. The van der Waals surface area contributed by atoms with Crippen LogP contribution in [0, 0.1) is 0 Å². The number of hydrogen-bond donors (Lipinski definition) is 2. The van der Waals surface area contributed by atoms with E-state index in [4.69, 9.17) is 0 Å². The predicted molar refractivity (Wildman–Crippen MR) is 92.4 cm³/mol. The van der Waals surface area contributed by atoms with Gasteiger partial charge in [-0.3, -0.25) is 0 Å². The molecule has 0 spiro atoms. The normalized spacial score (nSPS) is 22.9. The standard InChI is InChI=1S/C19H31N3/c1-3-21(4-2)17-9-10-18-16(13-17)14-20-15-19(18)22-11-7-5-6-8-12-22/h9-10,13,19-20H,3-8,11-12,14-15H2,1-2H3/p+2/t19-/m0/s1. The number of benzene rings is 1. The van der Waals surface area contributed by atoms with E-state index in [1.165, 1.54) is 51.0 Å². The third-order valence-electron chi connectivity index (χ3n) is 5.64. The Bertz CT molecular complexity index is 474. The van der Waals surface area contributed by atoms with Crippen LogP contribution < -0.4 is 15.1 Å². The summed E-state index contributed by atoms with van der Waals surface area (Å²) in [5, 5.41) is 2.52. The summed E-state index contributed by atoms with van der Waals surface area (Å²) in [6.45, 7) is 11.9. The quantitative estimate of drug-likeness (QED) is 0.856. The van der Waals surface area contributed by atoms with Crippen molar-refractivity contribution in [2.45, 2.75) is 52.1 Å². The van der Waals surface area contributed by atoms with Crippen LogP contribution in [0.4, 0.5) is 5.69 Å². The SMILES string of the molecule is CCN(CC)c1ccc2c(c1)C[NH2+]C[C@@H]2[NH+]1CCCCCC1. The minimum Gasteiger partial charge on any atom is -0.372 e. The Morgan fingerprint density at radius 3 is 2.50 bits per heavy atom. The number of fused-ring (bicyclic) bond motifs is 1. The highest BCUT2D eigenvalue weighted by Gasteiger charge is 2.32. The molecular formula is C19H33N3+2. The lowest BCUT2D eigenvalue weighted by Crippen LogP contribution is -3.15. The summed E-state index contributed by atoms with van der Waals surface area (Å²) in [5.74, 6) is 0. The number of rotatable bonds is 4. The number of anilines is 1. The van der Waals surface area contributed by atoms with Crippen molar-refractivity contribution in [1.29, 1.82) is 0 Å². The Labute approximate surface area is 135 Å². The molecule has 3 heteroatoms. The van der Waals surface area contributed by atoms with Crippen molar-refractivity contribution in [2.75, 3.05) is 37.6 Å². The van der Waals surface area contributed by atoms with Crippen LogP contribution in [-0.2, 0) is 6.54 Å². The topological polar surface area (TPSA) is 24.3 Å². The van der Waals surface area contributed by atoms with Gasteiger partial charge < -0.3 is 15.1 Å². The molecule has 3 rings (SSSR count). The molecule has 1 atom stereocenters. The molecule has 1 aromatic carbocycles. The van der Waals surface area contributed by atoms with E-state index in [2.05, 4.69) is 42.3 Å². The van der Waals surface area contributed by atoms with E-state index >= 15 is 0 Å². The van der Waals surface area contributed by atoms with Crippen LogP contribution >= 0.6 is 0 Å². The molecule has 2 aliphatic rings. The largest absolute Gasteiger partial charge is 0.372 e. The number of nitrogens with two attached hydrogens (primary N) is 1. The van der Waals surface area contributed by atoms with Crippen molar-refractivity contribution < 1.29 is 10.2 Å². The van der Waals surface area contributed by atoms with Crippen LogP contribution in [-0.4, -0.2) is 32.7 Å². The summed E-state index contributed by atoms with van der Waals surface area (Å²) in [5.41, 5.74) is 4.62. The first-order chi connectivity index (χ1) is 10.8. The third kappa shape index (κ3) is 3.31. The molecule has 0 bridgehead atoms. The van der Waals surface area contributed by atoms with Gasteiger partial charge >= 0.3 is 0 Å². The molecule has 2 heterocycles. The number of likely N-dealkylation sites (tertiary alicyclic amines) is 1. The summed E-state index contributed by atoms with van der Waals surface area (Å²) in [4.78, 5) is 4.30. The number of nitrogens with zero attached hydrogens (tertiary/aromatic N) is 1. The van der Waals surface area contributed by atoms with Crippen molar-refractivity contribution in [2.24, 2.45) is 0 Å². The minimum absolute atomic E-state index is 0.715. The van der Waals surface area contributed by atoms with E-state index in [-0.39, 0.29) is 0 Å². The highest BCUT2D eigenvalue weighted by molar-refractivity contribution is 5.51. The minimum atomic E-state index is 0.715. The molecule has 0 radical (unpaired) electrons. The van der Waals surface area contributed by atoms with E-state index in [0.29, 0.717) is 6.04 Å². The summed E-state index contributed by atoms with van der Waals surface area (Å²) < 4.78 is 0. The molecular weight excluding hydrogens is 270 g/mol. The Balaban J connectivity index is 1.83. The monoisotopic (exact) mass is 303 g/mol. The lowest BCUT2D eigenvalue weighted by Gasteiger charge is -2.32. The Kier molecular flexibility index (Phi) is 5.37. The van der Waals surface area contributed by atoms with Gasteiger partial charge in [-0.15, -0.1) is 0 Å². The van der Waals surface area contributed by atoms with Gasteiger partial charge in [0.2, 0.25) is 0 Å². The Morgan fingerprint density at radius 2 is 1.82 bits per heavy atom. The molecule has 1 aromatic rings. The van der Waals surface area contributed by atoms with Gasteiger partial charge in [-0.25, -0.2) is 0 Å². The van der Waals surface area contributed by atoms with Crippen molar-refractivity contribution >= 4 is 5.69 Å². The molecule has 122 valence electrons. The second-order valence-corrected chi connectivity index (χ2v) is 6.91. The Hall–Kier alpha value is -1.06. The van der Waals surface area contributed by atoms with Crippen LogP contribution in [0.5, 0.6) is 0 Å². The zero-order chi connectivity index (χ0) is 15.4. The fraction of sp³-hybridized carbons (Fsp3) is 0.684. The lowest BCUT2D eigenvalue weighted by atomic mass is 9.94. The van der Waals surface area contributed by atoms with E-state index in [1.54, 1.807) is 11.1 Å². The Morgan fingerprint density at radius 1 is 1.09 bits per heavy atom. The van der Waals surface area contributed by atoms with Gasteiger partial charge in [0.15, 0.2) is 6.04 Å². The van der Waals surface area contributed by atoms with Gasteiger partial charge in [-0.1, -0.05) is 6.07 Å². The van der Waals surface area contributed by atoms with Gasteiger partial charge in [0.05, 0.1) is 13.1 Å². The van der Waals surface area contributed by atoms with Gasteiger partial charge in [0.1, 0.15) is 13.1 Å². The molecule has 0 saturated carbocycles. The summed E-state index contributed by atoms with van der Waals surface area (Å²) in [7, 11) is 0. The van der Waals surface area contributed by atoms with Crippen molar-refractivity contribution in [1.82, 2.24) is 0 Å². The molecule has 3 nitrogen and oxygen atoms in total. The van der Waals surface area contributed by atoms with Gasteiger partial charge in [0, 0.05) is 29.9 Å². The molecule has 2 aliphatic heterocycles. The predicted octanol–water partition coefficient (Wildman–Crippen LogP) is 1.11. The summed E-state index contributed by atoms with van der Waals surface area (Å²) in [6.07, 6.45) is 5.71. The molecule has 0 unspecified atom stereocenters. The molecule has 3 N–H and O–H groups in total. The fourth-order valence-corrected chi connectivity index (χ4v) is 4.34. The zero-order valence-corrected chi connectivity index (χ0v) is 14.4. The first-order valence-corrected chi connectivity index (χ1v) is 9.37. The third-order valence-corrected chi connectivity index (χ3v) is 5.64. The maximum Gasteiger partial charge on any atom is 0.163 e. The molecule has 0 amide bonds. The summed E-state index contributed by atoms with van der Waals surface area (Å²) in [6, 6.07) is 7.98. The maximum atomic E-state index is 2.52. The lowest BCUT2D eigenvalue weighted by molar-refractivity contribution is -0.947. The fourth-order valence-electron chi connectivity index (χ4n) is 4.34. The van der Waals surface area contributed by atoms with E-state index in [0.717, 1.165) is 19.6 Å². The average Bonchev–Trinajstić information content (AvgIpc) is 2.84. The highest BCUT2D eigenvalue weighted by Crippen LogP contribution is 2.24. The molecule has 0 aromatic heterocycles. The zero-order valence-electron chi connectivity index (χ0n) is 14.4. The highest BCUT2D eigenvalue weighted by atomic mass is 15.2. The van der Waals surface area contributed by atoms with Gasteiger partial charge in [-0.2, -0.15) is 0 Å². The maximum absolute atomic E-state index is 2.52.